The third-order valence-corrected chi connectivity index (χ3v) is 4.03. The number of amides is 1. The Kier molecular flexibility index (Phi) is 4.12. The van der Waals surface area contributed by atoms with Crippen LogP contribution in [0.2, 0.25) is 0 Å². The zero-order valence-corrected chi connectivity index (χ0v) is 12.3. The number of ether oxygens (including phenoxy) is 1. The largest absolute Gasteiger partial charge is 0.491 e. The Morgan fingerprint density at radius 1 is 1.33 bits per heavy atom. The second kappa shape index (κ2) is 6.19. The number of rotatable bonds is 0. The van der Waals surface area contributed by atoms with Crippen LogP contribution in [0.3, 0.4) is 0 Å². The Morgan fingerprint density at radius 2 is 2.14 bits per heavy atom. The van der Waals surface area contributed by atoms with Crippen molar-refractivity contribution in [2.45, 2.75) is 19.3 Å². The van der Waals surface area contributed by atoms with Gasteiger partial charge in [0, 0.05) is 18.5 Å². The molecule has 1 N–H and O–H groups in total. The van der Waals surface area contributed by atoms with Gasteiger partial charge in [0.05, 0.1) is 18.7 Å². The van der Waals surface area contributed by atoms with Gasteiger partial charge in [-0.2, -0.15) is 0 Å². The van der Waals surface area contributed by atoms with E-state index in [4.69, 9.17) is 4.74 Å². The van der Waals surface area contributed by atoms with Gasteiger partial charge < -0.3 is 15.0 Å². The first-order chi connectivity index (χ1) is 10.2. The Hall–Kier alpha value is -1.99. The summed E-state index contributed by atoms with van der Waals surface area (Å²) in [4.78, 5) is 13.6. The Bertz CT molecular complexity index is 595. The number of nitrogens with one attached hydrogen (secondary N) is 1. The maximum absolute atomic E-state index is 11.9. The van der Waals surface area contributed by atoms with E-state index in [9.17, 15) is 4.79 Å². The number of nitrogens with zero attached hydrogens (tertiary/aromatic N) is 1. The highest BCUT2D eigenvalue weighted by atomic mass is 16.5. The lowest BCUT2D eigenvalue weighted by molar-refractivity contribution is -0.118. The fourth-order valence-corrected chi connectivity index (χ4v) is 2.68. The average Bonchev–Trinajstić information content (AvgIpc) is 2.66. The summed E-state index contributed by atoms with van der Waals surface area (Å²) in [6.07, 6.45) is 2.64. The minimum absolute atomic E-state index is 0.0808. The van der Waals surface area contributed by atoms with Crippen molar-refractivity contribution >= 4 is 11.6 Å². The molecule has 1 fully saturated rings. The molecule has 1 amide bonds. The van der Waals surface area contributed by atoms with Crippen LogP contribution in [-0.2, 0) is 4.79 Å². The molecule has 110 valence electrons. The maximum Gasteiger partial charge on any atom is 0.230 e. The van der Waals surface area contributed by atoms with E-state index in [2.05, 4.69) is 17.2 Å². The number of carbonyl (C=O) groups is 1. The van der Waals surface area contributed by atoms with Crippen LogP contribution in [0.4, 0.5) is 5.69 Å². The normalized spacial score (nSPS) is 19.1. The van der Waals surface area contributed by atoms with Crippen LogP contribution in [0.1, 0.15) is 24.8 Å². The number of anilines is 1. The molecule has 2 heterocycles. The fourth-order valence-electron chi connectivity index (χ4n) is 2.68. The third-order valence-electron chi connectivity index (χ3n) is 4.03. The zero-order valence-electron chi connectivity index (χ0n) is 12.3. The lowest BCUT2D eigenvalue weighted by atomic mass is 9.98. The highest BCUT2D eigenvalue weighted by Crippen LogP contribution is 2.31. The van der Waals surface area contributed by atoms with Gasteiger partial charge in [-0.05, 0) is 44.1 Å². The van der Waals surface area contributed by atoms with E-state index in [-0.39, 0.29) is 5.91 Å². The van der Waals surface area contributed by atoms with Crippen molar-refractivity contribution in [3.05, 3.63) is 23.8 Å². The number of carbonyl (C=O) groups excluding carboxylic acids is 1. The van der Waals surface area contributed by atoms with Crippen molar-refractivity contribution in [3.8, 4) is 17.6 Å². The molecular formula is C17H20N2O2. The van der Waals surface area contributed by atoms with Crippen molar-refractivity contribution < 1.29 is 9.53 Å². The first-order valence-corrected chi connectivity index (χ1v) is 7.50. The summed E-state index contributed by atoms with van der Waals surface area (Å²) < 4.78 is 5.62. The highest BCUT2D eigenvalue weighted by molar-refractivity contribution is 5.95. The number of benzene rings is 1. The quantitative estimate of drug-likeness (QED) is 0.738. The van der Waals surface area contributed by atoms with E-state index in [0.717, 1.165) is 42.9 Å². The highest BCUT2D eigenvalue weighted by Gasteiger charge is 2.19. The summed E-state index contributed by atoms with van der Waals surface area (Å²) in [7, 11) is 1.79. The molecule has 0 aromatic heterocycles. The fraction of sp³-hybridized carbons (Fsp3) is 0.471. The summed E-state index contributed by atoms with van der Waals surface area (Å²) in [6.45, 7) is 2.54. The molecule has 0 spiro atoms. The number of piperidine rings is 1. The van der Waals surface area contributed by atoms with Gasteiger partial charge in [-0.15, -0.1) is 0 Å². The molecule has 4 nitrogen and oxygen atoms in total. The second-order valence-corrected chi connectivity index (χ2v) is 5.53. The van der Waals surface area contributed by atoms with Crippen molar-refractivity contribution in [1.29, 1.82) is 0 Å². The lowest BCUT2D eigenvalue weighted by Crippen LogP contribution is -2.26. The molecular weight excluding hydrogens is 264 g/mol. The molecule has 0 atom stereocenters. The van der Waals surface area contributed by atoms with Gasteiger partial charge >= 0.3 is 0 Å². The van der Waals surface area contributed by atoms with Gasteiger partial charge in [-0.1, -0.05) is 11.8 Å². The van der Waals surface area contributed by atoms with Gasteiger partial charge in [0.15, 0.2) is 0 Å². The molecule has 0 aliphatic carbocycles. The molecule has 2 aliphatic heterocycles. The first kappa shape index (κ1) is 14.0. The number of fused-ring (bicyclic) bond motifs is 1. The van der Waals surface area contributed by atoms with E-state index < -0.39 is 0 Å². The zero-order chi connectivity index (χ0) is 14.7. The van der Waals surface area contributed by atoms with Gasteiger partial charge in [-0.3, -0.25) is 4.79 Å². The van der Waals surface area contributed by atoms with Crippen molar-refractivity contribution in [1.82, 2.24) is 5.32 Å². The van der Waals surface area contributed by atoms with Crippen LogP contribution in [0.5, 0.6) is 5.75 Å². The summed E-state index contributed by atoms with van der Waals surface area (Å²) in [5.74, 6) is 7.91. The Labute approximate surface area is 125 Å². The van der Waals surface area contributed by atoms with E-state index in [0.29, 0.717) is 18.9 Å². The molecule has 0 radical (unpaired) electrons. The standard InChI is InChI=1S/C17H20N2O2/c1-19-15-12-14(3-2-13-6-9-18-10-7-13)4-5-16(15)21-11-8-17(19)20/h4-5,12-13,18H,6-11H2,1H3. The molecule has 4 heteroatoms. The van der Waals surface area contributed by atoms with Crippen molar-refractivity contribution in [3.63, 3.8) is 0 Å². The van der Waals surface area contributed by atoms with Gasteiger partial charge in [0.25, 0.3) is 0 Å². The summed E-state index contributed by atoms with van der Waals surface area (Å²) in [5, 5.41) is 3.34. The van der Waals surface area contributed by atoms with E-state index in [1.807, 2.05) is 18.2 Å². The van der Waals surface area contributed by atoms with E-state index in [1.165, 1.54) is 0 Å². The SMILES string of the molecule is CN1C(=O)CCOc2ccc(C#CC3CCNCC3)cc21. The summed E-state index contributed by atoms with van der Waals surface area (Å²) in [6, 6.07) is 5.83. The Morgan fingerprint density at radius 3 is 2.95 bits per heavy atom. The molecule has 0 bridgehead atoms. The van der Waals surface area contributed by atoms with Crippen LogP contribution >= 0.6 is 0 Å². The molecule has 3 rings (SSSR count). The molecule has 0 saturated carbocycles. The maximum atomic E-state index is 11.9. The number of hydrogen-bond donors (Lipinski definition) is 1. The van der Waals surface area contributed by atoms with Gasteiger partial charge in [0.1, 0.15) is 5.75 Å². The van der Waals surface area contributed by atoms with Crippen LogP contribution in [-0.4, -0.2) is 32.7 Å². The molecule has 1 aromatic carbocycles. The average molecular weight is 284 g/mol. The van der Waals surface area contributed by atoms with E-state index >= 15 is 0 Å². The van der Waals surface area contributed by atoms with Crippen LogP contribution < -0.4 is 15.0 Å². The third kappa shape index (κ3) is 3.20. The van der Waals surface area contributed by atoms with E-state index in [1.54, 1.807) is 11.9 Å². The predicted octanol–water partition coefficient (Wildman–Crippen LogP) is 1.78. The summed E-state index contributed by atoms with van der Waals surface area (Å²) >= 11 is 0. The van der Waals surface area contributed by atoms with Gasteiger partial charge in [0.2, 0.25) is 5.91 Å². The van der Waals surface area contributed by atoms with Crippen molar-refractivity contribution in [2.75, 3.05) is 31.6 Å². The lowest BCUT2D eigenvalue weighted by Gasteiger charge is -2.17. The second-order valence-electron chi connectivity index (χ2n) is 5.53. The van der Waals surface area contributed by atoms with Crippen molar-refractivity contribution in [2.24, 2.45) is 5.92 Å². The topological polar surface area (TPSA) is 41.6 Å². The van der Waals surface area contributed by atoms with Crippen LogP contribution in [0.15, 0.2) is 18.2 Å². The predicted molar refractivity (Wildman–Crippen MR) is 82.4 cm³/mol. The number of hydrogen-bond acceptors (Lipinski definition) is 3. The van der Waals surface area contributed by atoms with Crippen LogP contribution in [0.25, 0.3) is 0 Å². The minimum atomic E-state index is 0.0808. The smallest absolute Gasteiger partial charge is 0.230 e. The molecule has 1 saturated heterocycles. The molecule has 0 unspecified atom stereocenters. The summed E-state index contributed by atoms with van der Waals surface area (Å²) in [5.41, 5.74) is 1.76. The minimum Gasteiger partial charge on any atom is -0.491 e. The molecule has 2 aliphatic rings. The Balaban J connectivity index is 1.83. The van der Waals surface area contributed by atoms with Crippen LogP contribution in [0, 0.1) is 17.8 Å². The van der Waals surface area contributed by atoms with Gasteiger partial charge in [-0.25, -0.2) is 0 Å². The first-order valence-electron chi connectivity index (χ1n) is 7.50. The molecule has 21 heavy (non-hydrogen) atoms. The monoisotopic (exact) mass is 284 g/mol. The molecule has 1 aromatic rings.